The molecule has 0 saturated heterocycles. The zero-order valence-corrected chi connectivity index (χ0v) is 21.2. The molecule has 0 spiro atoms. The van der Waals surface area contributed by atoms with Gasteiger partial charge in [0, 0.05) is 29.6 Å². The molecule has 1 heterocycles. The summed E-state index contributed by atoms with van der Waals surface area (Å²) < 4.78 is 127. The molecule has 0 aliphatic heterocycles. The summed E-state index contributed by atoms with van der Waals surface area (Å²) in [6.07, 6.45) is -15.3. The fraction of sp³-hybridized carbons (Fsp3) is 0.185. The molecule has 216 valence electrons. The number of carbonyl (C=O) groups is 1. The Morgan fingerprint density at radius 1 is 0.829 bits per heavy atom. The Labute approximate surface area is 229 Å². The Morgan fingerprint density at radius 3 is 1.98 bits per heavy atom. The monoisotopic (exact) mass is 607 g/mol. The molecule has 14 heteroatoms. The molecule has 0 saturated carbocycles. The number of benzene rings is 3. The van der Waals surface area contributed by atoms with E-state index in [0.717, 1.165) is 25.2 Å². The summed E-state index contributed by atoms with van der Waals surface area (Å²) in [6, 6.07) is 8.31. The maximum Gasteiger partial charge on any atom is 0.417 e. The predicted octanol–water partition coefficient (Wildman–Crippen LogP) is 8.44. The van der Waals surface area contributed by atoms with E-state index in [1.165, 1.54) is 18.2 Å². The minimum Gasteiger partial charge on any atom is -0.422 e. The molecule has 0 unspecified atom stereocenters. The van der Waals surface area contributed by atoms with Gasteiger partial charge in [-0.3, -0.25) is 4.79 Å². The summed E-state index contributed by atoms with van der Waals surface area (Å²) >= 11 is 6.03. The zero-order chi connectivity index (χ0) is 30.5. The van der Waals surface area contributed by atoms with Crippen LogP contribution < -0.4 is 5.63 Å². The molecule has 4 rings (SSSR count). The van der Waals surface area contributed by atoms with Crippen molar-refractivity contribution in [3.63, 3.8) is 0 Å². The van der Waals surface area contributed by atoms with Crippen LogP contribution in [0.4, 0.5) is 39.5 Å². The van der Waals surface area contributed by atoms with Crippen LogP contribution in [0.1, 0.15) is 32.6 Å². The van der Waals surface area contributed by atoms with Crippen LogP contribution in [0.15, 0.2) is 69.9 Å². The van der Waals surface area contributed by atoms with Crippen molar-refractivity contribution in [2.75, 3.05) is 7.05 Å². The Hall–Kier alpha value is -4.00. The number of amides is 1. The lowest BCUT2D eigenvalue weighted by atomic mass is 9.92. The van der Waals surface area contributed by atoms with Gasteiger partial charge in [0.15, 0.2) is 0 Å². The maximum atomic E-state index is 14.0. The van der Waals surface area contributed by atoms with Crippen LogP contribution in [-0.4, -0.2) is 17.9 Å². The summed E-state index contributed by atoms with van der Waals surface area (Å²) in [7, 11) is 0.955. The van der Waals surface area contributed by atoms with Gasteiger partial charge >= 0.3 is 24.2 Å². The first-order chi connectivity index (χ1) is 18.9. The van der Waals surface area contributed by atoms with Crippen LogP contribution in [0.2, 0.25) is 5.02 Å². The smallest absolute Gasteiger partial charge is 0.417 e. The highest BCUT2D eigenvalue weighted by Crippen LogP contribution is 2.41. The number of nitrogens with zero attached hydrogens (tertiary/aromatic N) is 1. The summed E-state index contributed by atoms with van der Waals surface area (Å²) in [5.41, 5.74) is -8.77. The van der Waals surface area contributed by atoms with Crippen molar-refractivity contribution in [3.05, 3.63) is 104 Å². The number of carbonyl (C=O) groups excluding carboxylic acids is 1. The van der Waals surface area contributed by atoms with Crippen LogP contribution in [0, 0.1) is 0 Å². The molecule has 0 aliphatic carbocycles. The van der Waals surface area contributed by atoms with Crippen molar-refractivity contribution < 1.29 is 48.7 Å². The minimum atomic E-state index is -5.16. The summed E-state index contributed by atoms with van der Waals surface area (Å²) in [4.78, 5) is 27.1. The number of fused-ring (bicyclic) bond motifs is 1. The normalized spacial score (nSPS) is 12.6. The Morgan fingerprint density at radius 2 is 1.41 bits per heavy atom. The van der Waals surface area contributed by atoms with Crippen LogP contribution in [0.3, 0.4) is 0 Å². The van der Waals surface area contributed by atoms with Crippen molar-refractivity contribution in [2.24, 2.45) is 0 Å². The summed E-state index contributed by atoms with van der Waals surface area (Å²) in [5.74, 6) is -1.32. The molecule has 41 heavy (non-hydrogen) atoms. The van der Waals surface area contributed by atoms with Gasteiger partial charge in [-0.15, -0.1) is 0 Å². The lowest BCUT2D eigenvalue weighted by molar-refractivity contribution is -0.143. The molecule has 1 amide bonds. The molecule has 0 aliphatic rings. The standard InChI is InChI=1S/C27H15ClF9NO3/c1-38(12-13-8-14(25(29,30)31)10-15(9-13)26(32,33)34)23(39)22-21(17-4-2-3-5-19(17)27(35,36)37)18-11-16(28)6-7-20(18)41-24(22)40/h2-11H,12H2,1H3. The number of rotatable bonds is 4. The van der Waals surface area contributed by atoms with Gasteiger partial charge in [0.05, 0.1) is 16.7 Å². The van der Waals surface area contributed by atoms with Gasteiger partial charge in [-0.25, -0.2) is 4.79 Å². The van der Waals surface area contributed by atoms with E-state index < -0.39 is 75.6 Å². The van der Waals surface area contributed by atoms with Crippen molar-refractivity contribution >= 4 is 28.5 Å². The maximum absolute atomic E-state index is 14.0. The number of alkyl halides is 9. The van der Waals surface area contributed by atoms with Crippen molar-refractivity contribution in [2.45, 2.75) is 25.1 Å². The molecular formula is C27H15ClF9NO3. The highest BCUT2D eigenvalue weighted by atomic mass is 35.5. The van der Waals surface area contributed by atoms with Crippen LogP contribution >= 0.6 is 11.6 Å². The molecular weight excluding hydrogens is 593 g/mol. The van der Waals surface area contributed by atoms with Crippen LogP contribution in [0.5, 0.6) is 0 Å². The first-order valence-electron chi connectivity index (χ1n) is 11.3. The van der Waals surface area contributed by atoms with E-state index in [1.807, 2.05) is 0 Å². The van der Waals surface area contributed by atoms with Gasteiger partial charge in [0.1, 0.15) is 11.1 Å². The third kappa shape index (κ3) is 6.19. The number of hydrogen-bond donors (Lipinski definition) is 0. The predicted molar refractivity (Wildman–Crippen MR) is 130 cm³/mol. The van der Waals surface area contributed by atoms with Crippen molar-refractivity contribution in [3.8, 4) is 11.1 Å². The first kappa shape index (κ1) is 30.0. The minimum absolute atomic E-state index is 0.00693. The van der Waals surface area contributed by atoms with E-state index in [2.05, 4.69) is 0 Å². The van der Waals surface area contributed by atoms with Gasteiger partial charge in [0.25, 0.3) is 5.91 Å². The van der Waals surface area contributed by atoms with Crippen LogP contribution in [-0.2, 0) is 25.1 Å². The molecule has 4 nitrogen and oxygen atoms in total. The van der Waals surface area contributed by atoms with E-state index in [1.54, 1.807) is 0 Å². The third-order valence-corrected chi connectivity index (χ3v) is 6.23. The average molecular weight is 608 g/mol. The Kier molecular flexibility index (Phi) is 7.63. The molecule has 3 aromatic carbocycles. The van der Waals surface area contributed by atoms with Gasteiger partial charge < -0.3 is 9.32 Å². The van der Waals surface area contributed by atoms with E-state index in [9.17, 15) is 49.1 Å². The van der Waals surface area contributed by atoms with Gasteiger partial charge in [-0.2, -0.15) is 39.5 Å². The first-order valence-corrected chi connectivity index (χ1v) is 11.7. The van der Waals surface area contributed by atoms with E-state index in [0.29, 0.717) is 23.1 Å². The fourth-order valence-electron chi connectivity index (χ4n) is 4.24. The quantitative estimate of drug-likeness (QED) is 0.173. The third-order valence-electron chi connectivity index (χ3n) is 6.00. The average Bonchev–Trinajstić information content (AvgIpc) is 2.86. The second kappa shape index (κ2) is 10.4. The van der Waals surface area contributed by atoms with Crippen molar-refractivity contribution in [1.82, 2.24) is 4.90 Å². The highest BCUT2D eigenvalue weighted by molar-refractivity contribution is 6.31. The second-order valence-corrected chi connectivity index (χ2v) is 9.34. The molecule has 0 N–H and O–H groups in total. The SMILES string of the molecule is CN(Cc1cc(C(F)(F)F)cc(C(F)(F)F)c1)C(=O)c1c(-c2ccccc2C(F)(F)F)c2cc(Cl)ccc2oc1=O. The number of halogens is 10. The summed E-state index contributed by atoms with van der Waals surface area (Å²) in [5, 5.41) is -0.156. The zero-order valence-electron chi connectivity index (χ0n) is 20.4. The second-order valence-electron chi connectivity index (χ2n) is 8.90. The Bertz CT molecular complexity index is 1670. The molecule has 0 fully saturated rings. The Balaban J connectivity index is 1.92. The fourth-order valence-corrected chi connectivity index (χ4v) is 4.42. The van der Waals surface area contributed by atoms with Gasteiger partial charge in [0.2, 0.25) is 0 Å². The molecule has 1 aromatic heterocycles. The lowest BCUT2D eigenvalue weighted by Crippen LogP contribution is -2.31. The van der Waals surface area contributed by atoms with Gasteiger partial charge in [-0.05, 0) is 53.6 Å². The lowest BCUT2D eigenvalue weighted by Gasteiger charge is -2.22. The molecule has 0 atom stereocenters. The molecule has 0 radical (unpaired) electrons. The number of hydrogen-bond acceptors (Lipinski definition) is 3. The van der Waals surface area contributed by atoms with E-state index >= 15 is 0 Å². The molecule has 4 aromatic rings. The summed E-state index contributed by atoms with van der Waals surface area (Å²) in [6.45, 7) is -0.876. The largest absolute Gasteiger partial charge is 0.422 e. The van der Waals surface area contributed by atoms with Gasteiger partial charge in [-0.1, -0.05) is 29.8 Å². The van der Waals surface area contributed by atoms with Crippen LogP contribution in [0.25, 0.3) is 22.1 Å². The van der Waals surface area contributed by atoms with Crippen molar-refractivity contribution in [1.29, 1.82) is 0 Å². The molecule has 0 bridgehead atoms. The topological polar surface area (TPSA) is 50.5 Å². The highest BCUT2D eigenvalue weighted by Gasteiger charge is 2.38. The van der Waals surface area contributed by atoms with E-state index in [4.69, 9.17) is 16.0 Å². The van der Waals surface area contributed by atoms with E-state index in [-0.39, 0.29) is 22.1 Å².